The van der Waals surface area contributed by atoms with Gasteiger partial charge in [0.1, 0.15) is 0 Å². The molecule has 2 aromatic heterocycles. The first kappa shape index (κ1) is 22.0. The normalized spacial score (nSPS) is 14.6. The summed E-state index contributed by atoms with van der Waals surface area (Å²) in [4.78, 5) is 28.5. The van der Waals surface area contributed by atoms with E-state index in [0.717, 1.165) is 29.0 Å². The van der Waals surface area contributed by atoms with Crippen LogP contribution in [0.1, 0.15) is 27.9 Å². The lowest BCUT2D eigenvalue weighted by Crippen LogP contribution is -2.27. The summed E-state index contributed by atoms with van der Waals surface area (Å²) in [6, 6.07) is 9.07. The molecule has 0 atom stereocenters. The van der Waals surface area contributed by atoms with Gasteiger partial charge in [0.25, 0.3) is 5.56 Å². The number of fused-ring (bicyclic) bond motifs is 1. The Bertz CT molecular complexity index is 1110. The number of nitrogens with zero attached hydrogens (tertiary/aromatic N) is 4. The number of nitrogens with one attached hydrogen (secondary N) is 1. The molecule has 3 aromatic rings. The van der Waals surface area contributed by atoms with Crippen molar-refractivity contribution < 1.29 is 13.2 Å². The Balaban J connectivity index is 1.44. The van der Waals surface area contributed by atoms with Gasteiger partial charge in [0.15, 0.2) is 0 Å². The molecule has 1 aromatic carbocycles. The van der Waals surface area contributed by atoms with E-state index in [9.17, 15) is 18.0 Å². The zero-order valence-corrected chi connectivity index (χ0v) is 17.7. The molecule has 0 saturated carbocycles. The summed E-state index contributed by atoms with van der Waals surface area (Å²) in [5.41, 5.74) is 2.48. The number of anilines is 1. The Labute approximate surface area is 183 Å². The second kappa shape index (κ2) is 9.12. The molecule has 6 nitrogen and oxygen atoms in total. The zero-order valence-electron chi connectivity index (χ0n) is 17.7. The second-order valence-corrected chi connectivity index (χ2v) is 8.00. The third-order valence-corrected chi connectivity index (χ3v) is 5.62. The maximum atomic E-state index is 12.8. The molecule has 0 aliphatic carbocycles. The monoisotopic (exact) mass is 443 g/mol. The van der Waals surface area contributed by atoms with Crippen LogP contribution in [0.25, 0.3) is 0 Å². The van der Waals surface area contributed by atoms with Crippen molar-refractivity contribution in [3.05, 3.63) is 87.1 Å². The number of aromatic nitrogens is 3. The Morgan fingerprint density at radius 2 is 1.84 bits per heavy atom. The lowest BCUT2D eigenvalue weighted by molar-refractivity contribution is -0.137. The molecule has 4 rings (SSSR count). The van der Waals surface area contributed by atoms with Gasteiger partial charge in [0.05, 0.1) is 11.3 Å². The van der Waals surface area contributed by atoms with Crippen molar-refractivity contribution in [3.63, 3.8) is 0 Å². The molecule has 168 valence electrons. The first-order valence-electron chi connectivity index (χ1n) is 10.4. The number of aromatic amines is 1. The van der Waals surface area contributed by atoms with Gasteiger partial charge in [0.2, 0.25) is 5.95 Å². The molecule has 1 N–H and O–H groups in total. The Hall–Kier alpha value is -3.20. The molecule has 0 bridgehead atoms. The minimum absolute atomic E-state index is 0.139. The van der Waals surface area contributed by atoms with Crippen molar-refractivity contribution in [2.45, 2.75) is 32.1 Å². The van der Waals surface area contributed by atoms with E-state index < -0.39 is 11.7 Å². The molecule has 0 fully saturated rings. The second-order valence-electron chi connectivity index (χ2n) is 8.00. The smallest absolute Gasteiger partial charge is 0.341 e. The number of alkyl halides is 3. The average Bonchev–Trinajstić information content (AvgIpc) is 2.97. The fourth-order valence-corrected chi connectivity index (χ4v) is 3.88. The summed E-state index contributed by atoms with van der Waals surface area (Å²) in [7, 11) is 1.87. The molecule has 9 heteroatoms. The lowest BCUT2D eigenvalue weighted by atomic mass is 10.1. The molecule has 1 aliphatic heterocycles. The molecular formula is C23H24F3N5O. The molecule has 3 heterocycles. The standard InChI is InChI=1S/C23H24F3N5O/c1-30(14-17-3-2-10-27-13-17)22-28-20-9-12-31(11-8-19(20)21(32)29-22)15-16-4-6-18(7-5-16)23(24,25)26/h2-7,10,13H,8-9,11-12,14-15H2,1H3,(H,28,29,32). The van der Waals surface area contributed by atoms with Crippen LogP contribution in [0.2, 0.25) is 0 Å². The van der Waals surface area contributed by atoms with Crippen molar-refractivity contribution in [1.29, 1.82) is 0 Å². The van der Waals surface area contributed by atoms with Gasteiger partial charge in [-0.1, -0.05) is 18.2 Å². The van der Waals surface area contributed by atoms with Gasteiger partial charge in [-0.2, -0.15) is 13.2 Å². The third kappa shape index (κ3) is 5.16. The van der Waals surface area contributed by atoms with Gasteiger partial charge in [-0.05, 0) is 35.7 Å². The van der Waals surface area contributed by atoms with Gasteiger partial charge < -0.3 is 4.90 Å². The number of halogens is 3. The SMILES string of the molecule is CN(Cc1cccnc1)c1nc2c(c(=O)[nH]1)CCN(Cc1ccc(C(F)(F)F)cc1)CC2. The van der Waals surface area contributed by atoms with E-state index in [-0.39, 0.29) is 5.56 Å². The number of rotatable bonds is 5. The van der Waals surface area contributed by atoms with E-state index in [1.54, 1.807) is 12.4 Å². The summed E-state index contributed by atoms with van der Waals surface area (Å²) in [5.74, 6) is 0.508. The van der Waals surface area contributed by atoms with Crippen molar-refractivity contribution in [2.24, 2.45) is 0 Å². The van der Waals surface area contributed by atoms with E-state index in [1.165, 1.54) is 12.1 Å². The zero-order chi connectivity index (χ0) is 22.7. The highest BCUT2D eigenvalue weighted by Gasteiger charge is 2.30. The van der Waals surface area contributed by atoms with E-state index in [0.29, 0.717) is 50.5 Å². The molecule has 32 heavy (non-hydrogen) atoms. The predicted octanol–water partition coefficient (Wildman–Crippen LogP) is 3.42. The fraction of sp³-hybridized carbons (Fsp3) is 0.348. The maximum Gasteiger partial charge on any atom is 0.416 e. The van der Waals surface area contributed by atoms with Gasteiger partial charge >= 0.3 is 6.18 Å². The van der Waals surface area contributed by atoms with E-state index in [1.807, 2.05) is 24.1 Å². The van der Waals surface area contributed by atoms with Crippen molar-refractivity contribution in [1.82, 2.24) is 19.9 Å². The van der Waals surface area contributed by atoms with Crippen LogP contribution < -0.4 is 10.5 Å². The largest absolute Gasteiger partial charge is 0.416 e. The van der Waals surface area contributed by atoms with Crippen molar-refractivity contribution in [2.75, 3.05) is 25.0 Å². The number of hydrogen-bond donors (Lipinski definition) is 1. The van der Waals surface area contributed by atoms with Gasteiger partial charge in [-0.25, -0.2) is 4.98 Å². The minimum Gasteiger partial charge on any atom is -0.341 e. The van der Waals surface area contributed by atoms with Crippen LogP contribution in [0.15, 0.2) is 53.6 Å². The highest BCUT2D eigenvalue weighted by atomic mass is 19.4. The number of hydrogen-bond acceptors (Lipinski definition) is 5. The Kier molecular flexibility index (Phi) is 6.27. The van der Waals surface area contributed by atoms with Crippen LogP contribution in [0.3, 0.4) is 0 Å². The summed E-state index contributed by atoms with van der Waals surface area (Å²) in [6.45, 7) is 2.41. The maximum absolute atomic E-state index is 12.8. The number of benzene rings is 1. The summed E-state index contributed by atoms with van der Waals surface area (Å²) in [5, 5.41) is 0. The average molecular weight is 443 g/mol. The quantitative estimate of drug-likeness (QED) is 0.655. The first-order chi connectivity index (χ1) is 15.3. The van der Waals surface area contributed by atoms with Crippen LogP contribution in [-0.2, 0) is 32.1 Å². The molecule has 0 saturated heterocycles. The van der Waals surface area contributed by atoms with E-state index in [4.69, 9.17) is 4.98 Å². The van der Waals surface area contributed by atoms with Crippen LogP contribution in [0, 0.1) is 0 Å². The highest BCUT2D eigenvalue weighted by molar-refractivity contribution is 5.34. The Morgan fingerprint density at radius 1 is 1.09 bits per heavy atom. The number of pyridine rings is 1. The van der Waals surface area contributed by atoms with Gasteiger partial charge in [-0.15, -0.1) is 0 Å². The van der Waals surface area contributed by atoms with Crippen LogP contribution in [0.4, 0.5) is 19.1 Å². The van der Waals surface area contributed by atoms with Crippen LogP contribution in [-0.4, -0.2) is 40.0 Å². The minimum atomic E-state index is -4.34. The van der Waals surface area contributed by atoms with Gasteiger partial charge in [-0.3, -0.25) is 19.7 Å². The molecule has 0 amide bonds. The van der Waals surface area contributed by atoms with E-state index >= 15 is 0 Å². The molecule has 0 unspecified atom stereocenters. The molecule has 0 spiro atoms. The Morgan fingerprint density at radius 3 is 2.53 bits per heavy atom. The first-order valence-corrected chi connectivity index (χ1v) is 10.4. The van der Waals surface area contributed by atoms with Crippen LogP contribution in [0.5, 0.6) is 0 Å². The molecule has 1 aliphatic rings. The molecule has 0 radical (unpaired) electrons. The third-order valence-electron chi connectivity index (χ3n) is 5.62. The highest BCUT2D eigenvalue weighted by Crippen LogP contribution is 2.29. The molecular weight excluding hydrogens is 419 g/mol. The van der Waals surface area contributed by atoms with E-state index in [2.05, 4.69) is 14.9 Å². The van der Waals surface area contributed by atoms with Crippen molar-refractivity contribution in [3.8, 4) is 0 Å². The summed E-state index contributed by atoms with van der Waals surface area (Å²) in [6.07, 6.45) is 0.301. The van der Waals surface area contributed by atoms with Crippen molar-refractivity contribution >= 4 is 5.95 Å². The lowest BCUT2D eigenvalue weighted by Gasteiger charge is -2.20. The summed E-state index contributed by atoms with van der Waals surface area (Å²) >= 11 is 0. The number of H-pyrrole nitrogens is 1. The van der Waals surface area contributed by atoms with Gasteiger partial charge in [0, 0.05) is 57.6 Å². The fourth-order valence-electron chi connectivity index (χ4n) is 3.88. The predicted molar refractivity (Wildman–Crippen MR) is 115 cm³/mol. The summed E-state index contributed by atoms with van der Waals surface area (Å²) < 4.78 is 38.3. The topological polar surface area (TPSA) is 65.1 Å². The van der Waals surface area contributed by atoms with Crippen LogP contribution >= 0.6 is 0 Å².